The third kappa shape index (κ3) is 4.51. The Hall–Kier alpha value is -2.10. The number of ether oxygens (including phenoxy) is 1. The molecule has 17 heavy (non-hydrogen) atoms. The van der Waals surface area contributed by atoms with Crippen LogP contribution >= 0.6 is 0 Å². The van der Waals surface area contributed by atoms with Crippen molar-refractivity contribution in [3.63, 3.8) is 0 Å². The van der Waals surface area contributed by atoms with E-state index in [9.17, 15) is 9.18 Å². The first-order valence-electron chi connectivity index (χ1n) is 4.97. The molecule has 0 aliphatic carbocycles. The number of carbonyl (C=O) groups is 1. The maximum atomic E-state index is 13.0. The summed E-state index contributed by atoms with van der Waals surface area (Å²) < 4.78 is 18.4. The van der Waals surface area contributed by atoms with E-state index in [-0.39, 0.29) is 0 Å². The van der Waals surface area contributed by atoms with Crippen molar-refractivity contribution < 1.29 is 19.0 Å². The third-order valence-electron chi connectivity index (χ3n) is 1.85. The van der Waals surface area contributed by atoms with Gasteiger partial charge in [-0.15, -0.1) is 0 Å². The van der Waals surface area contributed by atoms with E-state index in [1.807, 2.05) is 0 Å². The van der Waals surface area contributed by atoms with Crippen molar-refractivity contribution >= 4 is 12.0 Å². The van der Waals surface area contributed by atoms with E-state index in [1.165, 1.54) is 24.3 Å². The third-order valence-corrected chi connectivity index (χ3v) is 1.85. The number of halogens is 1. The molecule has 0 saturated carbocycles. The summed E-state index contributed by atoms with van der Waals surface area (Å²) in [6, 6.07) is 3.93. The topological polar surface area (TPSA) is 46.5 Å². The SMILES string of the molecule is C=C(C)COc1ccc(F)cc1/C=C/C(=O)O. The molecule has 1 aromatic carbocycles. The highest BCUT2D eigenvalue weighted by molar-refractivity contribution is 5.85. The number of aliphatic carboxylic acids is 1. The zero-order valence-electron chi connectivity index (χ0n) is 9.44. The summed E-state index contributed by atoms with van der Waals surface area (Å²) in [6.07, 6.45) is 2.22. The first kappa shape index (κ1) is 13.0. The van der Waals surface area contributed by atoms with Gasteiger partial charge in [0, 0.05) is 11.6 Å². The van der Waals surface area contributed by atoms with E-state index >= 15 is 0 Å². The minimum atomic E-state index is -1.10. The van der Waals surface area contributed by atoms with Gasteiger partial charge in [0.2, 0.25) is 0 Å². The molecule has 0 amide bonds. The zero-order chi connectivity index (χ0) is 12.8. The van der Waals surface area contributed by atoms with Gasteiger partial charge in [0.15, 0.2) is 0 Å². The summed E-state index contributed by atoms with van der Waals surface area (Å²) >= 11 is 0. The van der Waals surface area contributed by atoms with Gasteiger partial charge < -0.3 is 9.84 Å². The highest BCUT2D eigenvalue weighted by Crippen LogP contribution is 2.21. The van der Waals surface area contributed by atoms with Crippen LogP contribution in [0.3, 0.4) is 0 Å². The Morgan fingerprint density at radius 2 is 2.29 bits per heavy atom. The number of hydrogen-bond acceptors (Lipinski definition) is 2. The molecule has 1 N–H and O–H groups in total. The molecule has 0 saturated heterocycles. The molecule has 3 nitrogen and oxygen atoms in total. The van der Waals surface area contributed by atoms with Crippen LogP contribution in [0.4, 0.5) is 4.39 Å². The van der Waals surface area contributed by atoms with E-state index in [4.69, 9.17) is 9.84 Å². The maximum Gasteiger partial charge on any atom is 0.328 e. The minimum Gasteiger partial charge on any atom is -0.489 e. The number of carboxylic acids is 1. The second kappa shape index (κ2) is 5.84. The Balaban J connectivity index is 2.95. The summed E-state index contributed by atoms with van der Waals surface area (Å²) in [4.78, 5) is 10.4. The van der Waals surface area contributed by atoms with Crippen LogP contribution in [-0.4, -0.2) is 17.7 Å². The Morgan fingerprint density at radius 3 is 2.88 bits per heavy atom. The fraction of sp³-hybridized carbons (Fsp3) is 0.154. The Bertz CT molecular complexity index is 464. The second-order valence-corrected chi connectivity index (χ2v) is 3.60. The van der Waals surface area contributed by atoms with Crippen LogP contribution in [0.1, 0.15) is 12.5 Å². The largest absolute Gasteiger partial charge is 0.489 e. The lowest BCUT2D eigenvalue weighted by atomic mass is 10.2. The maximum absolute atomic E-state index is 13.0. The predicted molar refractivity (Wildman–Crippen MR) is 63.4 cm³/mol. The Morgan fingerprint density at radius 1 is 1.59 bits per heavy atom. The van der Waals surface area contributed by atoms with E-state index in [0.29, 0.717) is 17.9 Å². The smallest absolute Gasteiger partial charge is 0.328 e. The molecule has 0 atom stereocenters. The van der Waals surface area contributed by atoms with E-state index in [1.54, 1.807) is 6.92 Å². The fourth-order valence-corrected chi connectivity index (χ4v) is 1.14. The molecule has 0 fully saturated rings. The van der Waals surface area contributed by atoms with Gasteiger partial charge in [0.25, 0.3) is 0 Å². The van der Waals surface area contributed by atoms with Crippen molar-refractivity contribution in [2.75, 3.05) is 6.61 Å². The van der Waals surface area contributed by atoms with Crippen molar-refractivity contribution in [1.29, 1.82) is 0 Å². The lowest BCUT2D eigenvalue weighted by Crippen LogP contribution is -1.99. The van der Waals surface area contributed by atoms with E-state index < -0.39 is 11.8 Å². The van der Waals surface area contributed by atoms with Gasteiger partial charge in [-0.25, -0.2) is 9.18 Å². The molecule has 90 valence electrons. The molecule has 0 spiro atoms. The van der Waals surface area contributed by atoms with Gasteiger partial charge in [-0.2, -0.15) is 0 Å². The number of hydrogen-bond donors (Lipinski definition) is 1. The lowest BCUT2D eigenvalue weighted by molar-refractivity contribution is -0.131. The number of benzene rings is 1. The monoisotopic (exact) mass is 236 g/mol. The minimum absolute atomic E-state index is 0.305. The summed E-state index contributed by atoms with van der Waals surface area (Å²) in [6.45, 7) is 5.79. The Kier molecular flexibility index (Phi) is 4.46. The van der Waals surface area contributed by atoms with Crippen molar-refractivity contribution in [1.82, 2.24) is 0 Å². The molecule has 1 rings (SSSR count). The summed E-state index contributed by atoms with van der Waals surface area (Å²) in [5.41, 5.74) is 1.20. The molecule has 0 unspecified atom stereocenters. The molecular formula is C13H13FO3. The average Bonchev–Trinajstić information content (AvgIpc) is 2.24. The van der Waals surface area contributed by atoms with Gasteiger partial charge in [-0.3, -0.25) is 0 Å². The molecule has 0 aromatic heterocycles. The van der Waals surface area contributed by atoms with Crippen LogP contribution in [0.5, 0.6) is 5.75 Å². The van der Waals surface area contributed by atoms with Gasteiger partial charge in [0.05, 0.1) is 0 Å². The number of rotatable bonds is 5. The van der Waals surface area contributed by atoms with Gasteiger partial charge in [-0.05, 0) is 36.8 Å². The molecule has 0 aliphatic heterocycles. The summed E-state index contributed by atoms with van der Waals surface area (Å²) in [7, 11) is 0. The van der Waals surface area contributed by atoms with Crippen LogP contribution in [0, 0.1) is 5.82 Å². The average molecular weight is 236 g/mol. The molecule has 1 aromatic rings. The summed E-state index contributed by atoms with van der Waals surface area (Å²) in [5, 5.41) is 8.52. The highest BCUT2D eigenvalue weighted by Gasteiger charge is 2.03. The van der Waals surface area contributed by atoms with Gasteiger partial charge >= 0.3 is 5.97 Å². The molecule has 0 heterocycles. The van der Waals surface area contributed by atoms with Crippen LogP contribution in [-0.2, 0) is 4.79 Å². The molecular weight excluding hydrogens is 223 g/mol. The van der Waals surface area contributed by atoms with Crippen LogP contribution in [0.2, 0.25) is 0 Å². The lowest BCUT2D eigenvalue weighted by Gasteiger charge is -2.08. The quantitative estimate of drug-likeness (QED) is 0.631. The molecule has 0 bridgehead atoms. The van der Waals surface area contributed by atoms with Crippen LogP contribution < -0.4 is 4.74 Å². The van der Waals surface area contributed by atoms with Crippen molar-refractivity contribution in [3.05, 3.63) is 47.8 Å². The van der Waals surface area contributed by atoms with Crippen molar-refractivity contribution in [2.45, 2.75) is 6.92 Å². The Labute approximate surface area is 98.8 Å². The van der Waals surface area contributed by atoms with E-state index in [2.05, 4.69) is 6.58 Å². The van der Waals surface area contributed by atoms with Crippen LogP contribution in [0.15, 0.2) is 36.4 Å². The number of carboxylic acid groups (broad SMARTS) is 1. The first-order chi connectivity index (χ1) is 7.99. The van der Waals surface area contributed by atoms with Crippen molar-refractivity contribution in [3.8, 4) is 5.75 Å². The first-order valence-corrected chi connectivity index (χ1v) is 4.97. The van der Waals surface area contributed by atoms with Gasteiger partial charge in [-0.1, -0.05) is 6.58 Å². The van der Waals surface area contributed by atoms with Crippen molar-refractivity contribution in [2.24, 2.45) is 0 Å². The highest BCUT2D eigenvalue weighted by atomic mass is 19.1. The molecule has 4 heteroatoms. The molecule has 0 aliphatic rings. The zero-order valence-corrected chi connectivity index (χ0v) is 9.44. The fourth-order valence-electron chi connectivity index (χ4n) is 1.14. The second-order valence-electron chi connectivity index (χ2n) is 3.60. The van der Waals surface area contributed by atoms with E-state index in [0.717, 1.165) is 11.6 Å². The summed E-state index contributed by atoms with van der Waals surface area (Å²) in [5.74, 6) is -1.12. The normalized spacial score (nSPS) is 10.5. The van der Waals surface area contributed by atoms with Crippen LogP contribution in [0.25, 0.3) is 6.08 Å². The molecule has 0 radical (unpaired) electrons. The van der Waals surface area contributed by atoms with Gasteiger partial charge in [0.1, 0.15) is 18.2 Å². The predicted octanol–water partition coefficient (Wildman–Crippen LogP) is 2.88. The standard InChI is InChI=1S/C13H13FO3/c1-9(2)8-17-12-5-4-11(14)7-10(12)3-6-13(15)16/h3-7H,1,8H2,2H3,(H,15,16)/b6-3+.